The summed E-state index contributed by atoms with van der Waals surface area (Å²) in [6.07, 6.45) is 5.51. The predicted molar refractivity (Wildman–Crippen MR) is 81.4 cm³/mol. The Kier molecular flexibility index (Phi) is 5.54. The highest BCUT2D eigenvalue weighted by Crippen LogP contribution is 2.23. The van der Waals surface area contributed by atoms with Gasteiger partial charge in [-0.25, -0.2) is 8.42 Å². The molecule has 1 N–H and O–H groups in total. The Morgan fingerprint density at radius 3 is 2.90 bits per heavy atom. The van der Waals surface area contributed by atoms with Gasteiger partial charge in [0.15, 0.2) is 9.84 Å². The van der Waals surface area contributed by atoms with Crippen molar-refractivity contribution in [1.29, 1.82) is 0 Å². The summed E-state index contributed by atoms with van der Waals surface area (Å²) in [5, 5.41) is 3.54. The molecule has 1 aromatic rings. The molecule has 112 valence electrons. The van der Waals surface area contributed by atoms with Gasteiger partial charge in [0, 0.05) is 24.4 Å². The summed E-state index contributed by atoms with van der Waals surface area (Å²) in [5.74, 6) is 1.03. The van der Waals surface area contributed by atoms with Crippen molar-refractivity contribution in [2.45, 2.75) is 38.6 Å². The number of hydrogen-bond acceptors (Lipinski definition) is 4. The van der Waals surface area contributed by atoms with Crippen molar-refractivity contribution >= 4 is 9.84 Å². The van der Waals surface area contributed by atoms with E-state index in [2.05, 4.69) is 17.2 Å². The molecule has 0 amide bonds. The normalized spacial score (nSPS) is 22.8. The van der Waals surface area contributed by atoms with Crippen LogP contribution in [0.3, 0.4) is 0 Å². The lowest BCUT2D eigenvalue weighted by molar-refractivity contribution is 0.400. The van der Waals surface area contributed by atoms with E-state index < -0.39 is 9.84 Å². The number of sulfone groups is 1. The molecule has 4 nitrogen and oxygen atoms in total. The molecular formula is C15H24N2O2S. The summed E-state index contributed by atoms with van der Waals surface area (Å²) in [7, 11) is -2.78. The number of rotatable bonds is 7. The first-order valence-electron chi connectivity index (χ1n) is 7.43. The highest BCUT2D eigenvalue weighted by atomic mass is 32.2. The van der Waals surface area contributed by atoms with Gasteiger partial charge in [-0.05, 0) is 43.9 Å². The third kappa shape index (κ3) is 4.87. The van der Waals surface area contributed by atoms with E-state index in [-0.39, 0.29) is 0 Å². The number of pyridine rings is 1. The Bertz CT molecular complexity index is 502. The Labute approximate surface area is 121 Å². The topological polar surface area (TPSA) is 59.1 Å². The lowest BCUT2D eigenvalue weighted by Gasteiger charge is -2.21. The van der Waals surface area contributed by atoms with E-state index in [1.807, 2.05) is 24.4 Å². The van der Waals surface area contributed by atoms with Crippen molar-refractivity contribution in [3.05, 3.63) is 30.1 Å². The van der Waals surface area contributed by atoms with Gasteiger partial charge in [-0.3, -0.25) is 4.98 Å². The van der Waals surface area contributed by atoms with Crippen LogP contribution in [-0.2, 0) is 16.3 Å². The van der Waals surface area contributed by atoms with Gasteiger partial charge in [0.2, 0.25) is 0 Å². The van der Waals surface area contributed by atoms with Crippen LogP contribution in [0.4, 0.5) is 0 Å². The summed E-state index contributed by atoms with van der Waals surface area (Å²) >= 11 is 0. The van der Waals surface area contributed by atoms with Gasteiger partial charge in [0.05, 0.1) is 11.5 Å². The summed E-state index contributed by atoms with van der Waals surface area (Å²) in [6.45, 7) is 3.11. The smallest absolute Gasteiger partial charge is 0.150 e. The van der Waals surface area contributed by atoms with Crippen molar-refractivity contribution in [3.8, 4) is 0 Å². The highest BCUT2D eigenvalue weighted by molar-refractivity contribution is 7.91. The Morgan fingerprint density at radius 2 is 2.30 bits per heavy atom. The molecule has 20 heavy (non-hydrogen) atoms. The summed E-state index contributed by atoms with van der Waals surface area (Å²) in [6, 6.07) is 6.27. The van der Waals surface area contributed by atoms with Crippen LogP contribution in [0.5, 0.6) is 0 Å². The van der Waals surface area contributed by atoms with Crippen LogP contribution in [0.15, 0.2) is 24.4 Å². The number of hydrogen-bond donors (Lipinski definition) is 1. The van der Waals surface area contributed by atoms with Gasteiger partial charge < -0.3 is 5.32 Å². The third-order valence-electron chi connectivity index (χ3n) is 3.81. The summed E-state index contributed by atoms with van der Waals surface area (Å²) in [5.41, 5.74) is 1.07. The zero-order valence-corrected chi connectivity index (χ0v) is 12.9. The van der Waals surface area contributed by atoms with E-state index in [4.69, 9.17) is 0 Å². The van der Waals surface area contributed by atoms with Crippen LogP contribution in [0, 0.1) is 5.92 Å². The van der Waals surface area contributed by atoms with Gasteiger partial charge in [-0.15, -0.1) is 0 Å². The molecule has 2 heterocycles. The number of nitrogens with zero attached hydrogens (tertiary/aromatic N) is 1. The van der Waals surface area contributed by atoms with Crippen molar-refractivity contribution in [2.75, 3.05) is 18.1 Å². The SMILES string of the molecule is CCCNC(Cc1ccccn1)CC1CCS(=O)(=O)C1. The summed E-state index contributed by atoms with van der Waals surface area (Å²) in [4.78, 5) is 4.37. The van der Waals surface area contributed by atoms with E-state index in [0.29, 0.717) is 23.5 Å². The van der Waals surface area contributed by atoms with E-state index in [1.165, 1.54) is 0 Å². The second-order valence-corrected chi connectivity index (χ2v) is 7.91. The highest BCUT2D eigenvalue weighted by Gasteiger charge is 2.29. The lowest BCUT2D eigenvalue weighted by atomic mass is 9.96. The average Bonchev–Trinajstić information content (AvgIpc) is 2.76. The second-order valence-electron chi connectivity index (χ2n) is 5.68. The van der Waals surface area contributed by atoms with Gasteiger partial charge in [-0.2, -0.15) is 0 Å². The van der Waals surface area contributed by atoms with Crippen LogP contribution in [-0.4, -0.2) is 37.5 Å². The minimum absolute atomic E-state index is 0.304. The molecule has 5 heteroatoms. The fourth-order valence-electron chi connectivity index (χ4n) is 2.82. The predicted octanol–water partition coefficient (Wildman–Crippen LogP) is 1.82. The third-order valence-corrected chi connectivity index (χ3v) is 5.65. The van der Waals surface area contributed by atoms with Crippen molar-refractivity contribution in [2.24, 2.45) is 5.92 Å². The lowest BCUT2D eigenvalue weighted by Crippen LogP contribution is -2.34. The molecule has 0 saturated carbocycles. The van der Waals surface area contributed by atoms with Crippen LogP contribution in [0.1, 0.15) is 31.9 Å². The maximum atomic E-state index is 11.6. The average molecular weight is 296 g/mol. The summed E-state index contributed by atoms with van der Waals surface area (Å²) < 4.78 is 23.1. The molecule has 2 atom stereocenters. The zero-order chi connectivity index (χ0) is 14.4. The van der Waals surface area contributed by atoms with Gasteiger partial charge in [0.25, 0.3) is 0 Å². The number of aromatic nitrogens is 1. The van der Waals surface area contributed by atoms with E-state index in [0.717, 1.165) is 37.9 Å². The maximum Gasteiger partial charge on any atom is 0.150 e. The van der Waals surface area contributed by atoms with Crippen molar-refractivity contribution in [1.82, 2.24) is 10.3 Å². The van der Waals surface area contributed by atoms with Gasteiger partial charge in [0.1, 0.15) is 0 Å². The van der Waals surface area contributed by atoms with Gasteiger partial charge >= 0.3 is 0 Å². The van der Waals surface area contributed by atoms with Crippen molar-refractivity contribution < 1.29 is 8.42 Å². The van der Waals surface area contributed by atoms with Crippen LogP contribution in [0.2, 0.25) is 0 Å². The van der Waals surface area contributed by atoms with E-state index in [1.54, 1.807) is 0 Å². The molecule has 1 aliphatic rings. The number of nitrogens with one attached hydrogen (secondary N) is 1. The first kappa shape index (κ1) is 15.4. The minimum atomic E-state index is -2.78. The first-order valence-corrected chi connectivity index (χ1v) is 9.25. The molecule has 0 spiro atoms. The quantitative estimate of drug-likeness (QED) is 0.834. The molecule has 1 fully saturated rings. The Morgan fingerprint density at radius 1 is 1.45 bits per heavy atom. The van der Waals surface area contributed by atoms with E-state index in [9.17, 15) is 8.42 Å². The minimum Gasteiger partial charge on any atom is -0.314 e. The van der Waals surface area contributed by atoms with Crippen LogP contribution >= 0.6 is 0 Å². The van der Waals surface area contributed by atoms with Crippen molar-refractivity contribution in [3.63, 3.8) is 0 Å². The van der Waals surface area contributed by atoms with Gasteiger partial charge in [-0.1, -0.05) is 13.0 Å². The largest absolute Gasteiger partial charge is 0.314 e. The molecular weight excluding hydrogens is 272 g/mol. The standard InChI is InChI=1S/C15H24N2O2S/c1-2-7-16-15(11-14-5-3-4-8-17-14)10-13-6-9-20(18,19)12-13/h3-5,8,13,15-16H,2,6-7,9-12H2,1H3. The molecule has 1 saturated heterocycles. The molecule has 0 aromatic carbocycles. The molecule has 2 unspecified atom stereocenters. The first-order chi connectivity index (χ1) is 9.59. The maximum absolute atomic E-state index is 11.6. The zero-order valence-electron chi connectivity index (χ0n) is 12.1. The van der Waals surface area contributed by atoms with Crippen LogP contribution in [0.25, 0.3) is 0 Å². The molecule has 0 radical (unpaired) electrons. The van der Waals surface area contributed by atoms with E-state index >= 15 is 0 Å². The fraction of sp³-hybridized carbons (Fsp3) is 0.667. The van der Waals surface area contributed by atoms with Crippen LogP contribution < -0.4 is 5.32 Å². The second kappa shape index (κ2) is 7.18. The Balaban J connectivity index is 1.93. The molecule has 1 aromatic heterocycles. The monoisotopic (exact) mass is 296 g/mol. The molecule has 1 aliphatic heterocycles. The molecule has 2 rings (SSSR count). The molecule has 0 bridgehead atoms. The molecule has 0 aliphatic carbocycles. The fourth-order valence-corrected chi connectivity index (χ4v) is 4.70. The Hall–Kier alpha value is -0.940.